The molecule has 0 aliphatic carbocycles. The van der Waals surface area contributed by atoms with Gasteiger partial charge in [0.25, 0.3) is 11.1 Å². The summed E-state index contributed by atoms with van der Waals surface area (Å²) in [5, 5.41) is -0.298. The van der Waals surface area contributed by atoms with Crippen molar-refractivity contribution in [3.05, 3.63) is 58.5 Å². The molecular formula is C22H23NO4S. The van der Waals surface area contributed by atoms with E-state index in [1.807, 2.05) is 43.3 Å². The first-order valence-electron chi connectivity index (χ1n) is 9.19. The van der Waals surface area contributed by atoms with Crippen LogP contribution in [0, 0.1) is 6.92 Å². The molecule has 1 fully saturated rings. The Morgan fingerprint density at radius 1 is 1.11 bits per heavy atom. The largest absolute Gasteiger partial charge is 0.493 e. The predicted octanol–water partition coefficient (Wildman–Crippen LogP) is 5.42. The number of carbonyl (C=O) groups is 2. The highest BCUT2D eigenvalue weighted by Crippen LogP contribution is 2.37. The molecule has 0 atom stereocenters. The first-order chi connectivity index (χ1) is 13.5. The van der Waals surface area contributed by atoms with Gasteiger partial charge in [-0.3, -0.25) is 9.59 Å². The van der Waals surface area contributed by atoms with Crippen molar-refractivity contribution < 1.29 is 19.1 Å². The molecule has 1 saturated heterocycles. The molecule has 0 N–H and O–H groups in total. The highest BCUT2D eigenvalue weighted by Gasteiger charge is 2.36. The van der Waals surface area contributed by atoms with Gasteiger partial charge in [-0.2, -0.15) is 0 Å². The molecule has 0 spiro atoms. The maximum Gasteiger partial charge on any atom is 0.298 e. The third-order valence-corrected chi connectivity index (χ3v) is 5.16. The van der Waals surface area contributed by atoms with E-state index in [-0.39, 0.29) is 11.1 Å². The number of benzene rings is 2. The van der Waals surface area contributed by atoms with E-state index in [4.69, 9.17) is 9.47 Å². The molecule has 3 rings (SSSR count). The van der Waals surface area contributed by atoms with E-state index < -0.39 is 0 Å². The van der Waals surface area contributed by atoms with E-state index in [9.17, 15) is 9.59 Å². The maximum atomic E-state index is 12.8. The Morgan fingerprint density at radius 2 is 1.93 bits per heavy atom. The summed E-state index contributed by atoms with van der Waals surface area (Å²) in [4.78, 5) is 26.8. The van der Waals surface area contributed by atoms with Crippen LogP contribution in [0.1, 0.15) is 30.9 Å². The summed E-state index contributed by atoms with van der Waals surface area (Å²) < 4.78 is 11.1. The second-order valence-corrected chi connectivity index (χ2v) is 7.46. The molecular weight excluding hydrogens is 374 g/mol. The molecule has 6 heteroatoms. The van der Waals surface area contributed by atoms with Gasteiger partial charge in [0.05, 0.1) is 24.3 Å². The number of aryl methyl sites for hydroxylation is 1. The number of rotatable bonds is 7. The highest BCUT2D eigenvalue weighted by atomic mass is 32.2. The standard InChI is InChI=1S/C22H23NO4S/c1-4-5-11-27-18-10-9-16(13-19(18)26-3)14-20-21(24)23(22(25)28-20)17-8-6-7-15(2)12-17/h6-10,12-14H,4-5,11H2,1-3H3/b20-14-. The van der Waals surface area contributed by atoms with Gasteiger partial charge >= 0.3 is 0 Å². The summed E-state index contributed by atoms with van der Waals surface area (Å²) in [6, 6.07) is 12.8. The van der Waals surface area contributed by atoms with Crippen molar-refractivity contribution in [2.75, 3.05) is 18.6 Å². The maximum absolute atomic E-state index is 12.8. The lowest BCUT2D eigenvalue weighted by atomic mass is 10.1. The molecule has 0 unspecified atom stereocenters. The fourth-order valence-corrected chi connectivity index (χ4v) is 3.67. The molecule has 2 aromatic rings. The summed E-state index contributed by atoms with van der Waals surface area (Å²) in [6.45, 7) is 4.66. The molecule has 0 aromatic heterocycles. The van der Waals surface area contributed by atoms with Crippen molar-refractivity contribution in [3.63, 3.8) is 0 Å². The van der Waals surface area contributed by atoms with Gasteiger partial charge < -0.3 is 9.47 Å². The summed E-state index contributed by atoms with van der Waals surface area (Å²) in [5.74, 6) is 0.951. The molecule has 0 saturated carbocycles. The van der Waals surface area contributed by atoms with Crippen molar-refractivity contribution in [2.24, 2.45) is 0 Å². The number of hydrogen-bond donors (Lipinski definition) is 0. The van der Waals surface area contributed by atoms with Crippen LogP contribution in [-0.4, -0.2) is 24.9 Å². The van der Waals surface area contributed by atoms with Crippen molar-refractivity contribution in [3.8, 4) is 11.5 Å². The zero-order valence-corrected chi connectivity index (χ0v) is 17.0. The molecule has 0 radical (unpaired) electrons. The van der Waals surface area contributed by atoms with E-state index in [0.717, 1.165) is 35.7 Å². The summed E-state index contributed by atoms with van der Waals surface area (Å²) in [6.07, 6.45) is 3.73. The van der Waals surface area contributed by atoms with Crippen molar-refractivity contribution in [1.29, 1.82) is 0 Å². The molecule has 1 heterocycles. The number of nitrogens with zero attached hydrogens (tertiary/aromatic N) is 1. The van der Waals surface area contributed by atoms with Crippen molar-refractivity contribution in [1.82, 2.24) is 0 Å². The number of thioether (sulfide) groups is 1. The molecule has 146 valence electrons. The molecule has 2 amide bonds. The molecule has 28 heavy (non-hydrogen) atoms. The minimum Gasteiger partial charge on any atom is -0.493 e. The quantitative estimate of drug-likeness (QED) is 0.461. The Kier molecular flexibility index (Phi) is 6.41. The molecule has 2 aromatic carbocycles. The SMILES string of the molecule is CCCCOc1ccc(/C=C2\SC(=O)N(c3cccc(C)c3)C2=O)cc1OC. The number of ether oxygens (including phenoxy) is 2. The minimum atomic E-state index is -0.317. The normalized spacial score (nSPS) is 15.4. The van der Waals surface area contributed by atoms with Gasteiger partial charge in [-0.1, -0.05) is 31.5 Å². The average Bonchev–Trinajstić information content (AvgIpc) is 2.96. The van der Waals surface area contributed by atoms with Gasteiger partial charge in [-0.25, -0.2) is 4.90 Å². The lowest BCUT2D eigenvalue weighted by molar-refractivity contribution is -0.113. The van der Waals surface area contributed by atoms with Crippen LogP contribution in [-0.2, 0) is 4.79 Å². The van der Waals surface area contributed by atoms with E-state index >= 15 is 0 Å². The Hall–Kier alpha value is -2.73. The fraction of sp³-hybridized carbons (Fsp3) is 0.273. The van der Waals surface area contributed by atoms with Crippen LogP contribution in [0.2, 0.25) is 0 Å². The Labute approximate surface area is 169 Å². The number of hydrogen-bond acceptors (Lipinski definition) is 5. The second-order valence-electron chi connectivity index (χ2n) is 6.47. The zero-order chi connectivity index (χ0) is 20.1. The van der Waals surface area contributed by atoms with Crippen LogP contribution >= 0.6 is 11.8 Å². The van der Waals surface area contributed by atoms with Crippen LogP contribution < -0.4 is 14.4 Å². The van der Waals surface area contributed by atoms with Crippen LogP contribution in [0.5, 0.6) is 11.5 Å². The zero-order valence-electron chi connectivity index (χ0n) is 16.2. The van der Waals surface area contributed by atoms with Crippen molar-refractivity contribution >= 4 is 34.7 Å². The monoisotopic (exact) mass is 397 g/mol. The second kappa shape index (κ2) is 8.97. The first kappa shape index (κ1) is 20.0. The summed E-state index contributed by atoms with van der Waals surface area (Å²) >= 11 is 0.938. The lowest BCUT2D eigenvalue weighted by Crippen LogP contribution is -2.27. The van der Waals surface area contributed by atoms with E-state index in [1.54, 1.807) is 19.3 Å². The Balaban J connectivity index is 1.83. The van der Waals surface area contributed by atoms with Gasteiger partial charge in [0.1, 0.15) is 0 Å². The van der Waals surface area contributed by atoms with E-state index in [0.29, 0.717) is 28.7 Å². The minimum absolute atomic E-state index is 0.298. The van der Waals surface area contributed by atoms with Gasteiger partial charge in [0, 0.05) is 0 Å². The topological polar surface area (TPSA) is 55.8 Å². The number of amides is 2. The number of unbranched alkanes of at least 4 members (excludes halogenated alkanes) is 1. The fourth-order valence-electron chi connectivity index (χ4n) is 2.83. The third-order valence-electron chi connectivity index (χ3n) is 4.29. The molecule has 5 nitrogen and oxygen atoms in total. The molecule has 0 bridgehead atoms. The highest BCUT2D eigenvalue weighted by molar-refractivity contribution is 8.19. The Bertz CT molecular complexity index is 923. The predicted molar refractivity (Wildman–Crippen MR) is 113 cm³/mol. The van der Waals surface area contributed by atoms with Crippen LogP contribution in [0.3, 0.4) is 0 Å². The van der Waals surface area contributed by atoms with Gasteiger partial charge in [0.2, 0.25) is 0 Å². The van der Waals surface area contributed by atoms with Crippen LogP contribution in [0.4, 0.5) is 10.5 Å². The summed E-state index contributed by atoms with van der Waals surface area (Å²) in [5.41, 5.74) is 2.35. The average molecular weight is 397 g/mol. The number of methoxy groups -OCH3 is 1. The smallest absolute Gasteiger partial charge is 0.298 e. The van der Waals surface area contributed by atoms with E-state index in [1.165, 1.54) is 4.90 Å². The van der Waals surface area contributed by atoms with Gasteiger partial charge in [0.15, 0.2) is 11.5 Å². The van der Waals surface area contributed by atoms with Gasteiger partial charge in [-0.05, 0) is 66.6 Å². The van der Waals surface area contributed by atoms with Crippen LogP contribution in [0.15, 0.2) is 47.4 Å². The lowest BCUT2D eigenvalue weighted by Gasteiger charge is -2.13. The first-order valence-corrected chi connectivity index (χ1v) is 10.0. The number of anilines is 1. The molecule has 1 aliphatic heterocycles. The number of carbonyl (C=O) groups excluding carboxylic acids is 2. The van der Waals surface area contributed by atoms with Crippen LogP contribution in [0.25, 0.3) is 6.08 Å². The van der Waals surface area contributed by atoms with E-state index in [2.05, 4.69) is 6.92 Å². The Morgan fingerprint density at radius 3 is 2.64 bits per heavy atom. The summed E-state index contributed by atoms with van der Waals surface area (Å²) in [7, 11) is 1.58. The third kappa shape index (κ3) is 4.39. The van der Waals surface area contributed by atoms with Crippen molar-refractivity contribution in [2.45, 2.75) is 26.7 Å². The van der Waals surface area contributed by atoms with Gasteiger partial charge in [-0.15, -0.1) is 0 Å². The number of imide groups is 1. The molecule has 1 aliphatic rings.